The van der Waals surface area contributed by atoms with Gasteiger partial charge in [0.05, 0.1) is 37.1 Å². The van der Waals surface area contributed by atoms with E-state index in [0.29, 0.717) is 56.6 Å². The van der Waals surface area contributed by atoms with Gasteiger partial charge in [0.2, 0.25) is 5.88 Å². The topological polar surface area (TPSA) is 204 Å². The molecule has 5 aromatic heterocycles. The fourth-order valence-corrected chi connectivity index (χ4v) is 5.46. The number of aromatic amines is 2. The average Bonchev–Trinajstić information content (AvgIpc) is 4.07. The lowest BCUT2D eigenvalue weighted by Gasteiger charge is -2.11. The number of aromatic nitrogens is 8. The molecule has 17 heteroatoms. The Kier molecular flexibility index (Phi) is 8.70. The molecule has 17 nitrogen and oxygen atoms in total. The van der Waals surface area contributed by atoms with Crippen LogP contribution in [0.3, 0.4) is 0 Å². The lowest BCUT2D eigenvalue weighted by Crippen LogP contribution is -2.19. The molecule has 5 heterocycles. The number of rotatable bonds is 9. The van der Waals surface area contributed by atoms with Crippen LogP contribution in [0.2, 0.25) is 0 Å². The van der Waals surface area contributed by atoms with Gasteiger partial charge < -0.3 is 26.0 Å². The van der Waals surface area contributed by atoms with Crippen LogP contribution < -0.4 is 32.3 Å². The lowest BCUT2D eigenvalue weighted by atomic mass is 10.3. The van der Waals surface area contributed by atoms with E-state index in [-0.39, 0.29) is 17.6 Å². The second-order valence-electron chi connectivity index (χ2n) is 12.6. The summed E-state index contributed by atoms with van der Waals surface area (Å²) in [7, 11) is 0. The van der Waals surface area contributed by atoms with E-state index in [1.165, 1.54) is 6.20 Å². The van der Waals surface area contributed by atoms with Crippen molar-refractivity contribution >= 4 is 63.9 Å². The zero-order chi connectivity index (χ0) is 37.2. The molecule has 2 aliphatic rings. The summed E-state index contributed by atoms with van der Waals surface area (Å²) in [6.45, 7) is 14.1. The summed E-state index contributed by atoms with van der Waals surface area (Å²) in [5.41, 5.74) is 4.63. The van der Waals surface area contributed by atoms with Gasteiger partial charge in [0.1, 0.15) is 23.1 Å². The highest BCUT2D eigenvalue weighted by Crippen LogP contribution is 2.28. The number of nitrogens with zero attached hydrogens (tertiary/aromatic N) is 9. The van der Waals surface area contributed by atoms with E-state index in [4.69, 9.17) is 18.1 Å². The van der Waals surface area contributed by atoms with E-state index >= 15 is 0 Å². The zero-order valence-corrected chi connectivity index (χ0v) is 28.4. The smallest absolute Gasteiger partial charge is 0.326 e. The molecule has 266 valence electrons. The van der Waals surface area contributed by atoms with Gasteiger partial charge in [-0.25, -0.2) is 24.5 Å². The largest absolute Gasteiger partial charge is 0.493 e. The van der Waals surface area contributed by atoms with Crippen LogP contribution in [-0.2, 0) is 0 Å². The predicted octanol–water partition coefficient (Wildman–Crippen LogP) is 4.77. The molecule has 2 aromatic carbocycles. The van der Waals surface area contributed by atoms with Crippen LogP contribution in [0.4, 0.5) is 40.2 Å². The first-order valence-electron chi connectivity index (χ1n) is 16.9. The maximum Gasteiger partial charge on any atom is 0.326 e. The third-order valence-electron chi connectivity index (χ3n) is 8.47. The van der Waals surface area contributed by atoms with E-state index in [1.807, 2.05) is 36.4 Å². The van der Waals surface area contributed by atoms with Crippen LogP contribution >= 0.6 is 0 Å². The molecule has 2 saturated carbocycles. The Morgan fingerprint density at radius 3 is 2.04 bits per heavy atom. The van der Waals surface area contributed by atoms with Gasteiger partial charge in [-0.3, -0.25) is 14.8 Å². The van der Waals surface area contributed by atoms with Gasteiger partial charge in [0, 0.05) is 34.8 Å². The van der Waals surface area contributed by atoms with Crippen molar-refractivity contribution in [1.82, 2.24) is 39.2 Å². The molecule has 54 heavy (non-hydrogen) atoms. The number of imidazole rings is 1. The molecule has 0 spiro atoms. The molecule has 2 aliphatic carbocycles. The summed E-state index contributed by atoms with van der Waals surface area (Å²) < 4.78 is 3.29. The minimum absolute atomic E-state index is 0.241. The van der Waals surface area contributed by atoms with Gasteiger partial charge in [-0.05, 0) is 56.0 Å². The molecule has 0 amide bonds. The maximum atomic E-state index is 11.4. The van der Waals surface area contributed by atoms with Crippen molar-refractivity contribution < 1.29 is 9.90 Å². The SMILES string of the molecule is [C-]#[N+]c1ccc(Nc2cc(=NC3CC3)n3ncc(=Cc4[nH]c(=O)[nH]c4O)c3n2)cc1.[C-]#[N+]c1ccc(Nc2cc(NC3CC3)n3ncc(C=O)c3n2)cc1. The average molecular weight is 719 g/mol. The second-order valence-corrected chi connectivity index (χ2v) is 12.6. The van der Waals surface area contributed by atoms with Crippen molar-refractivity contribution in [2.45, 2.75) is 37.8 Å². The molecule has 0 saturated heterocycles. The number of benzene rings is 2. The number of hydrogen-bond donors (Lipinski definition) is 6. The van der Waals surface area contributed by atoms with E-state index in [0.717, 1.165) is 49.2 Å². The monoisotopic (exact) mass is 718 g/mol. The van der Waals surface area contributed by atoms with Crippen molar-refractivity contribution in [3.05, 3.63) is 128 Å². The Morgan fingerprint density at radius 1 is 0.833 bits per heavy atom. The minimum atomic E-state index is -0.502. The van der Waals surface area contributed by atoms with Gasteiger partial charge in [0.25, 0.3) is 0 Å². The summed E-state index contributed by atoms with van der Waals surface area (Å²) in [5.74, 6) is 1.73. The van der Waals surface area contributed by atoms with Gasteiger partial charge in [-0.15, -0.1) is 0 Å². The van der Waals surface area contributed by atoms with Crippen LogP contribution in [0.1, 0.15) is 41.7 Å². The van der Waals surface area contributed by atoms with Crippen molar-refractivity contribution in [3.63, 3.8) is 0 Å². The molecule has 9 rings (SSSR count). The minimum Gasteiger partial charge on any atom is -0.493 e. The first-order valence-corrected chi connectivity index (χ1v) is 16.9. The van der Waals surface area contributed by atoms with Crippen LogP contribution in [0.15, 0.2) is 82.8 Å². The van der Waals surface area contributed by atoms with Gasteiger partial charge in [-0.2, -0.15) is 19.2 Å². The summed E-state index contributed by atoms with van der Waals surface area (Å²) in [6, 6.07) is 18.6. The molecule has 6 N–H and O–H groups in total. The van der Waals surface area contributed by atoms with E-state index in [2.05, 4.69) is 55.8 Å². The Morgan fingerprint density at radius 2 is 1.46 bits per heavy atom. The van der Waals surface area contributed by atoms with Gasteiger partial charge >= 0.3 is 5.69 Å². The fourth-order valence-electron chi connectivity index (χ4n) is 5.46. The molecule has 7 aromatic rings. The normalized spacial score (nSPS) is 14.3. The van der Waals surface area contributed by atoms with Crippen LogP contribution in [0.5, 0.6) is 5.88 Å². The highest BCUT2D eigenvalue weighted by atomic mass is 16.3. The number of nitrogens with one attached hydrogen (secondary N) is 5. The van der Waals surface area contributed by atoms with Crippen LogP contribution in [0, 0.1) is 13.1 Å². The summed E-state index contributed by atoms with van der Waals surface area (Å²) in [4.78, 5) is 48.1. The van der Waals surface area contributed by atoms with Gasteiger partial charge in [-0.1, -0.05) is 24.3 Å². The van der Waals surface area contributed by atoms with Crippen molar-refractivity contribution in [2.24, 2.45) is 4.99 Å². The van der Waals surface area contributed by atoms with E-state index < -0.39 is 5.69 Å². The number of hydrogen-bond acceptors (Lipinski definition) is 11. The maximum absolute atomic E-state index is 11.4. The number of H-pyrrole nitrogens is 2. The number of carbonyl (C=O) groups excluding carboxylic acids is 1. The number of aromatic hydroxyl groups is 1. The fraction of sp³-hybridized carbons (Fsp3) is 0.162. The quantitative estimate of drug-likeness (QED) is 0.0892. The summed E-state index contributed by atoms with van der Waals surface area (Å²) in [6.07, 6.45) is 9.82. The molecule has 0 bridgehead atoms. The Hall–Kier alpha value is -7.79. The predicted molar refractivity (Wildman–Crippen MR) is 200 cm³/mol. The number of carbonyl (C=O) groups is 1. The number of anilines is 5. The standard InChI is InChI=1S/C20H16N8O2.C17H14N6O/c1-21-12-2-4-13(5-3-12)23-16-9-17(24-14-6-7-14)28-18(26-16)11(10-22-28)8-15-19(29)27-20(30)25-15;1-18-12-2-4-13(5-3-12)20-15-8-16(21-14-6-7-14)23-17(22-15)11(10-24)9-19-23/h2-5,8-10,14,23,29H,6-7H2,(H2,25,27,30);2-5,8-10,14,21H,6-7H2,(H,20,22). The Labute approximate surface area is 305 Å². The highest BCUT2D eigenvalue weighted by Gasteiger charge is 2.23. The molecule has 0 atom stereocenters. The molecule has 0 radical (unpaired) electrons. The zero-order valence-electron chi connectivity index (χ0n) is 28.4. The third-order valence-corrected chi connectivity index (χ3v) is 8.47. The van der Waals surface area contributed by atoms with Gasteiger partial charge in [0.15, 0.2) is 34.4 Å². The first-order chi connectivity index (χ1) is 26.3. The second kappa shape index (κ2) is 14.1. The van der Waals surface area contributed by atoms with Crippen LogP contribution in [-0.4, -0.2) is 62.6 Å². The first kappa shape index (κ1) is 33.4. The lowest BCUT2D eigenvalue weighted by molar-refractivity contribution is 0.112. The summed E-state index contributed by atoms with van der Waals surface area (Å²) >= 11 is 0. The van der Waals surface area contributed by atoms with E-state index in [1.54, 1.807) is 45.6 Å². The third kappa shape index (κ3) is 7.32. The molecular weight excluding hydrogens is 689 g/mol. The Balaban J connectivity index is 0.000000157. The van der Waals surface area contributed by atoms with E-state index in [9.17, 15) is 14.7 Å². The molecular formula is C37H30N14O3. The van der Waals surface area contributed by atoms with Crippen molar-refractivity contribution in [3.8, 4) is 5.88 Å². The summed E-state index contributed by atoms with van der Waals surface area (Å²) in [5, 5.41) is 28.9. The highest BCUT2D eigenvalue weighted by molar-refractivity contribution is 5.85. The molecule has 0 unspecified atom stereocenters. The Bertz CT molecular complexity index is 2790. The molecule has 0 aliphatic heterocycles. The number of fused-ring (bicyclic) bond motifs is 2. The van der Waals surface area contributed by atoms with Crippen molar-refractivity contribution in [1.29, 1.82) is 0 Å². The number of aldehydes is 1. The van der Waals surface area contributed by atoms with Crippen LogP contribution in [0.25, 0.3) is 27.1 Å². The van der Waals surface area contributed by atoms with Crippen molar-refractivity contribution in [2.75, 3.05) is 16.0 Å². The molecule has 2 fully saturated rings.